The summed E-state index contributed by atoms with van der Waals surface area (Å²) in [5, 5.41) is 4.01. The fourth-order valence-corrected chi connectivity index (χ4v) is 1.47. The molecule has 0 bridgehead atoms. The van der Waals surface area contributed by atoms with E-state index in [0.717, 1.165) is 6.54 Å². The van der Waals surface area contributed by atoms with Gasteiger partial charge in [-0.05, 0) is 18.8 Å². The van der Waals surface area contributed by atoms with Gasteiger partial charge in [-0.2, -0.15) is 0 Å². The van der Waals surface area contributed by atoms with Crippen LogP contribution in [0.15, 0.2) is 6.33 Å². The van der Waals surface area contributed by atoms with Crippen LogP contribution in [0.1, 0.15) is 12.8 Å². The second-order valence-corrected chi connectivity index (χ2v) is 3.44. The zero-order valence-electron chi connectivity index (χ0n) is 7.68. The fourth-order valence-electron chi connectivity index (χ4n) is 1.47. The third-order valence-electron chi connectivity index (χ3n) is 2.37. The molecule has 1 aliphatic carbocycles. The van der Waals surface area contributed by atoms with Crippen LogP contribution in [0.3, 0.4) is 0 Å². The summed E-state index contributed by atoms with van der Waals surface area (Å²) in [4.78, 5) is 3.86. The first kappa shape index (κ1) is 8.50. The van der Waals surface area contributed by atoms with Gasteiger partial charge in [0, 0.05) is 7.11 Å². The molecule has 5 nitrogen and oxygen atoms in total. The second kappa shape index (κ2) is 3.33. The van der Waals surface area contributed by atoms with Crippen LogP contribution in [0.25, 0.3) is 0 Å². The van der Waals surface area contributed by atoms with E-state index >= 15 is 0 Å². The highest BCUT2D eigenvalue weighted by atomic mass is 16.5. The van der Waals surface area contributed by atoms with Crippen molar-refractivity contribution in [3.05, 3.63) is 6.33 Å². The number of nitrogens with zero attached hydrogens (tertiary/aromatic N) is 3. The SMILES string of the molecule is COC(Cn1cnc(N)n1)C1CC1. The van der Waals surface area contributed by atoms with Crippen molar-refractivity contribution in [2.75, 3.05) is 12.8 Å². The van der Waals surface area contributed by atoms with Gasteiger partial charge in [0.15, 0.2) is 0 Å². The summed E-state index contributed by atoms with van der Waals surface area (Å²) in [6.45, 7) is 0.755. The predicted octanol–water partition coefficient (Wildman–Crippen LogP) is 0.285. The minimum Gasteiger partial charge on any atom is -0.379 e. The zero-order valence-corrected chi connectivity index (χ0v) is 7.68. The van der Waals surface area contributed by atoms with E-state index in [1.165, 1.54) is 12.8 Å². The van der Waals surface area contributed by atoms with E-state index in [-0.39, 0.29) is 6.10 Å². The number of rotatable bonds is 4. The summed E-state index contributed by atoms with van der Waals surface area (Å²) in [6.07, 6.45) is 4.44. The van der Waals surface area contributed by atoms with Crippen LogP contribution in [0.5, 0.6) is 0 Å². The highest BCUT2D eigenvalue weighted by Crippen LogP contribution is 2.34. The van der Waals surface area contributed by atoms with E-state index < -0.39 is 0 Å². The number of anilines is 1. The summed E-state index contributed by atoms with van der Waals surface area (Å²) in [6, 6.07) is 0. The van der Waals surface area contributed by atoms with Gasteiger partial charge >= 0.3 is 0 Å². The van der Waals surface area contributed by atoms with Crippen LogP contribution >= 0.6 is 0 Å². The van der Waals surface area contributed by atoms with Gasteiger partial charge in [-0.1, -0.05) is 0 Å². The highest BCUT2D eigenvalue weighted by Gasteiger charge is 2.31. The van der Waals surface area contributed by atoms with E-state index in [1.54, 1.807) is 18.1 Å². The number of hydrogen-bond acceptors (Lipinski definition) is 4. The Labute approximate surface area is 76.9 Å². The molecule has 1 atom stereocenters. The molecule has 13 heavy (non-hydrogen) atoms. The van der Waals surface area contributed by atoms with Gasteiger partial charge in [0.2, 0.25) is 5.95 Å². The van der Waals surface area contributed by atoms with Crippen molar-refractivity contribution in [3.63, 3.8) is 0 Å². The number of ether oxygens (including phenoxy) is 1. The van der Waals surface area contributed by atoms with E-state index in [0.29, 0.717) is 11.9 Å². The molecule has 1 heterocycles. The molecular formula is C8H14N4O. The van der Waals surface area contributed by atoms with Crippen LogP contribution < -0.4 is 5.73 Å². The molecule has 0 aliphatic heterocycles. The minimum atomic E-state index is 0.265. The number of aromatic nitrogens is 3. The summed E-state index contributed by atoms with van der Waals surface area (Å²) >= 11 is 0. The van der Waals surface area contributed by atoms with Gasteiger partial charge < -0.3 is 10.5 Å². The van der Waals surface area contributed by atoms with Gasteiger partial charge in [0.25, 0.3) is 0 Å². The van der Waals surface area contributed by atoms with Gasteiger partial charge in [0.05, 0.1) is 12.6 Å². The summed E-state index contributed by atoms with van der Waals surface area (Å²) in [7, 11) is 1.74. The van der Waals surface area contributed by atoms with Crippen molar-refractivity contribution in [1.29, 1.82) is 0 Å². The van der Waals surface area contributed by atoms with E-state index in [4.69, 9.17) is 10.5 Å². The van der Waals surface area contributed by atoms with Crippen molar-refractivity contribution >= 4 is 5.95 Å². The molecular weight excluding hydrogens is 168 g/mol. The van der Waals surface area contributed by atoms with Crippen molar-refractivity contribution in [1.82, 2.24) is 14.8 Å². The summed E-state index contributed by atoms with van der Waals surface area (Å²) < 4.78 is 7.10. The first-order valence-electron chi connectivity index (χ1n) is 4.47. The highest BCUT2D eigenvalue weighted by molar-refractivity contribution is 5.09. The zero-order chi connectivity index (χ0) is 9.26. The molecule has 1 aromatic heterocycles. The molecule has 1 saturated carbocycles. The number of methoxy groups -OCH3 is 1. The Kier molecular flexibility index (Phi) is 2.18. The van der Waals surface area contributed by atoms with Gasteiger partial charge in [-0.15, -0.1) is 5.10 Å². The van der Waals surface area contributed by atoms with Crippen LogP contribution in [-0.4, -0.2) is 28.0 Å². The van der Waals surface area contributed by atoms with Gasteiger partial charge in [-0.25, -0.2) is 9.67 Å². The molecule has 0 saturated heterocycles. The Morgan fingerprint density at radius 1 is 1.77 bits per heavy atom. The van der Waals surface area contributed by atoms with Crippen LogP contribution in [0, 0.1) is 5.92 Å². The summed E-state index contributed by atoms with van der Waals surface area (Å²) in [5.74, 6) is 1.03. The van der Waals surface area contributed by atoms with Crippen LogP contribution in [-0.2, 0) is 11.3 Å². The lowest BCUT2D eigenvalue weighted by molar-refractivity contribution is 0.0669. The lowest BCUT2D eigenvalue weighted by atomic mass is 10.2. The topological polar surface area (TPSA) is 66.0 Å². The van der Waals surface area contributed by atoms with E-state index in [9.17, 15) is 0 Å². The van der Waals surface area contributed by atoms with E-state index in [2.05, 4.69) is 10.1 Å². The Bertz CT molecular complexity index is 281. The maximum atomic E-state index is 5.40. The maximum absolute atomic E-state index is 5.40. The predicted molar refractivity (Wildman–Crippen MR) is 48.0 cm³/mol. The normalized spacial score (nSPS) is 18.8. The first-order valence-corrected chi connectivity index (χ1v) is 4.47. The largest absolute Gasteiger partial charge is 0.379 e. The molecule has 1 fully saturated rings. The Morgan fingerprint density at radius 3 is 3.00 bits per heavy atom. The molecule has 0 radical (unpaired) electrons. The third kappa shape index (κ3) is 1.98. The second-order valence-electron chi connectivity index (χ2n) is 3.44. The fraction of sp³-hybridized carbons (Fsp3) is 0.750. The molecule has 1 aliphatic rings. The van der Waals surface area contributed by atoms with Gasteiger partial charge in [0.1, 0.15) is 6.33 Å². The third-order valence-corrected chi connectivity index (χ3v) is 2.37. The van der Waals surface area contributed by atoms with Gasteiger partial charge in [-0.3, -0.25) is 0 Å². The van der Waals surface area contributed by atoms with Crippen molar-refractivity contribution in [3.8, 4) is 0 Å². The Balaban J connectivity index is 1.95. The standard InChI is InChI=1S/C8H14N4O/c1-13-7(6-2-3-6)4-12-5-10-8(9)11-12/h5-7H,2-4H2,1H3,(H2,9,11). The molecule has 5 heteroatoms. The molecule has 1 aromatic rings. The quantitative estimate of drug-likeness (QED) is 0.726. The van der Waals surface area contributed by atoms with Crippen LogP contribution in [0.4, 0.5) is 5.95 Å². The molecule has 1 unspecified atom stereocenters. The molecule has 0 aromatic carbocycles. The Hall–Kier alpha value is -1.10. The molecule has 72 valence electrons. The van der Waals surface area contributed by atoms with Crippen LogP contribution in [0.2, 0.25) is 0 Å². The molecule has 2 N–H and O–H groups in total. The molecule has 0 spiro atoms. The average Bonchev–Trinajstić information content (AvgIpc) is 2.87. The number of nitrogens with two attached hydrogens (primary N) is 1. The van der Waals surface area contributed by atoms with Crippen molar-refractivity contribution < 1.29 is 4.74 Å². The minimum absolute atomic E-state index is 0.265. The lowest BCUT2D eigenvalue weighted by Crippen LogP contribution is -2.21. The Morgan fingerprint density at radius 2 is 2.54 bits per heavy atom. The number of nitrogen functional groups attached to an aromatic ring is 1. The van der Waals surface area contributed by atoms with Crippen molar-refractivity contribution in [2.45, 2.75) is 25.5 Å². The lowest BCUT2D eigenvalue weighted by Gasteiger charge is -2.13. The molecule has 0 amide bonds. The average molecular weight is 182 g/mol. The monoisotopic (exact) mass is 182 g/mol. The van der Waals surface area contributed by atoms with Crippen molar-refractivity contribution in [2.24, 2.45) is 5.92 Å². The first-order chi connectivity index (χ1) is 6.29. The summed E-state index contributed by atoms with van der Waals surface area (Å²) in [5.41, 5.74) is 5.40. The maximum Gasteiger partial charge on any atom is 0.239 e. The smallest absolute Gasteiger partial charge is 0.239 e. The number of hydrogen-bond donors (Lipinski definition) is 1. The van der Waals surface area contributed by atoms with E-state index in [1.807, 2.05) is 0 Å². The molecule has 2 rings (SSSR count).